The number of hydrogen-bond donors (Lipinski definition) is 1. The number of nitrogens with one attached hydrogen (secondary N) is 1. The number of hydrogen-bond acceptors (Lipinski definition) is 6. The largest absolute Gasteiger partial charge is 0.353 e. The highest BCUT2D eigenvalue weighted by molar-refractivity contribution is 7.20. The van der Waals surface area contributed by atoms with Crippen molar-refractivity contribution in [3.05, 3.63) is 28.6 Å². The number of rotatable bonds is 5. The van der Waals surface area contributed by atoms with Crippen LogP contribution in [0.1, 0.15) is 12.1 Å². The van der Waals surface area contributed by atoms with Crippen molar-refractivity contribution < 1.29 is 9.59 Å². The van der Waals surface area contributed by atoms with Crippen LogP contribution in [0.5, 0.6) is 0 Å². The Morgan fingerprint density at radius 2 is 2.33 bits per heavy atom. The van der Waals surface area contributed by atoms with Gasteiger partial charge in [-0.25, -0.2) is 4.98 Å². The predicted octanol–water partition coefficient (Wildman–Crippen LogP) is 1.65. The van der Waals surface area contributed by atoms with Crippen molar-refractivity contribution in [1.29, 1.82) is 0 Å². The molecule has 0 aliphatic carbocycles. The molecule has 1 fully saturated rings. The SMILES string of the molecule is CN(Cc1csc(-c2cccs2)n1)C(=O)C[C@@H]1C(=O)NCCN1C. The molecule has 128 valence electrons. The van der Waals surface area contributed by atoms with Gasteiger partial charge in [0.1, 0.15) is 5.01 Å². The van der Waals surface area contributed by atoms with E-state index < -0.39 is 0 Å². The van der Waals surface area contributed by atoms with E-state index in [9.17, 15) is 9.59 Å². The minimum absolute atomic E-state index is 0.0467. The van der Waals surface area contributed by atoms with Crippen molar-refractivity contribution in [1.82, 2.24) is 20.1 Å². The first-order chi connectivity index (χ1) is 11.5. The topological polar surface area (TPSA) is 65.5 Å². The number of amides is 2. The second-order valence-corrected chi connectivity index (χ2v) is 7.67. The van der Waals surface area contributed by atoms with Crippen molar-refractivity contribution in [2.75, 3.05) is 27.2 Å². The molecule has 0 aromatic carbocycles. The third kappa shape index (κ3) is 3.82. The first kappa shape index (κ1) is 17.1. The van der Waals surface area contributed by atoms with Gasteiger partial charge in [0.25, 0.3) is 0 Å². The summed E-state index contributed by atoms with van der Waals surface area (Å²) in [4.78, 5) is 33.7. The average Bonchev–Trinajstić information content (AvgIpc) is 3.21. The maximum atomic E-state index is 12.4. The van der Waals surface area contributed by atoms with Crippen LogP contribution in [0.2, 0.25) is 0 Å². The van der Waals surface area contributed by atoms with E-state index in [1.807, 2.05) is 34.8 Å². The molecule has 1 N–H and O–H groups in total. The van der Waals surface area contributed by atoms with Gasteiger partial charge in [0, 0.05) is 25.5 Å². The fraction of sp³-hybridized carbons (Fsp3) is 0.438. The predicted molar refractivity (Wildman–Crippen MR) is 95.9 cm³/mol. The molecule has 0 bridgehead atoms. The summed E-state index contributed by atoms with van der Waals surface area (Å²) in [5, 5.41) is 7.80. The van der Waals surface area contributed by atoms with Crippen LogP contribution in [-0.4, -0.2) is 59.8 Å². The fourth-order valence-electron chi connectivity index (χ4n) is 2.62. The number of likely N-dealkylation sites (N-methyl/N-ethyl adjacent to an activating group) is 1. The summed E-state index contributed by atoms with van der Waals surface area (Å²) in [6.45, 7) is 1.86. The highest BCUT2D eigenvalue weighted by atomic mass is 32.1. The summed E-state index contributed by atoms with van der Waals surface area (Å²) in [6, 6.07) is 3.66. The second-order valence-electron chi connectivity index (χ2n) is 5.86. The molecular formula is C16H20N4O2S2. The van der Waals surface area contributed by atoms with Crippen molar-refractivity contribution in [3.8, 4) is 9.88 Å². The Morgan fingerprint density at radius 1 is 1.50 bits per heavy atom. The van der Waals surface area contributed by atoms with Crippen molar-refractivity contribution in [2.45, 2.75) is 19.0 Å². The van der Waals surface area contributed by atoms with E-state index in [2.05, 4.69) is 10.3 Å². The lowest BCUT2D eigenvalue weighted by molar-refractivity contribution is -0.137. The minimum atomic E-state index is -0.384. The molecule has 1 aliphatic rings. The van der Waals surface area contributed by atoms with E-state index in [1.54, 1.807) is 34.6 Å². The summed E-state index contributed by atoms with van der Waals surface area (Å²) in [6.07, 6.45) is 0.195. The van der Waals surface area contributed by atoms with Crippen LogP contribution in [0.3, 0.4) is 0 Å². The highest BCUT2D eigenvalue weighted by Gasteiger charge is 2.30. The molecule has 3 rings (SSSR count). The smallest absolute Gasteiger partial charge is 0.237 e. The van der Waals surface area contributed by atoms with Crippen molar-refractivity contribution >= 4 is 34.5 Å². The average molecular weight is 364 g/mol. The van der Waals surface area contributed by atoms with Crippen LogP contribution in [0.4, 0.5) is 0 Å². The maximum Gasteiger partial charge on any atom is 0.237 e. The first-order valence-corrected chi connectivity index (χ1v) is 9.50. The molecule has 0 spiro atoms. The van der Waals surface area contributed by atoms with Gasteiger partial charge in [0.2, 0.25) is 11.8 Å². The lowest BCUT2D eigenvalue weighted by Gasteiger charge is -2.32. The molecule has 0 saturated carbocycles. The Morgan fingerprint density at radius 3 is 3.04 bits per heavy atom. The Hall–Kier alpha value is -1.77. The molecule has 0 radical (unpaired) electrons. The van der Waals surface area contributed by atoms with Gasteiger partial charge in [-0.3, -0.25) is 14.5 Å². The summed E-state index contributed by atoms with van der Waals surface area (Å²) < 4.78 is 0. The summed E-state index contributed by atoms with van der Waals surface area (Å²) in [5.74, 6) is -0.117. The van der Waals surface area contributed by atoms with Crippen molar-refractivity contribution in [3.63, 3.8) is 0 Å². The molecule has 8 heteroatoms. The quantitative estimate of drug-likeness (QED) is 0.876. The zero-order valence-corrected chi connectivity index (χ0v) is 15.3. The van der Waals surface area contributed by atoms with Gasteiger partial charge in [-0.05, 0) is 18.5 Å². The lowest BCUT2D eigenvalue weighted by Crippen LogP contribution is -2.54. The van der Waals surface area contributed by atoms with Crippen molar-refractivity contribution in [2.24, 2.45) is 0 Å². The summed E-state index contributed by atoms with van der Waals surface area (Å²) in [7, 11) is 3.64. The first-order valence-electron chi connectivity index (χ1n) is 7.75. The molecule has 3 heterocycles. The molecule has 24 heavy (non-hydrogen) atoms. The van der Waals surface area contributed by atoms with Gasteiger partial charge in [0.15, 0.2) is 0 Å². The molecule has 1 saturated heterocycles. The molecule has 2 aromatic rings. The van der Waals surface area contributed by atoms with E-state index in [4.69, 9.17) is 0 Å². The molecule has 2 amide bonds. The Bertz CT molecular complexity index is 713. The van der Waals surface area contributed by atoms with Crippen LogP contribution in [0, 0.1) is 0 Å². The molecule has 1 atom stereocenters. The van der Waals surface area contributed by atoms with E-state index in [1.165, 1.54) is 0 Å². The number of piperazine rings is 1. The Kier molecular flexibility index (Phi) is 5.27. The van der Waals surface area contributed by atoms with Gasteiger partial charge < -0.3 is 10.2 Å². The molecule has 1 aliphatic heterocycles. The van der Waals surface area contributed by atoms with Gasteiger partial charge in [-0.1, -0.05) is 6.07 Å². The Labute approximate surface area is 149 Å². The van der Waals surface area contributed by atoms with Crippen LogP contribution in [0.25, 0.3) is 9.88 Å². The summed E-state index contributed by atoms with van der Waals surface area (Å²) >= 11 is 3.24. The zero-order chi connectivity index (χ0) is 17.1. The third-order valence-electron chi connectivity index (χ3n) is 4.08. The third-order valence-corrected chi connectivity index (χ3v) is 6.01. The minimum Gasteiger partial charge on any atom is -0.353 e. The standard InChI is InChI=1S/C16H20N4O2S2/c1-19-6-5-17-15(22)12(19)8-14(21)20(2)9-11-10-24-16(18-11)13-4-3-7-23-13/h3-4,7,10,12H,5-6,8-9H2,1-2H3,(H,17,22)/t12-/m1/s1. The molecule has 6 nitrogen and oxygen atoms in total. The molecular weight excluding hydrogens is 344 g/mol. The zero-order valence-electron chi connectivity index (χ0n) is 13.7. The molecule has 0 unspecified atom stereocenters. The number of carbonyl (C=O) groups excluding carboxylic acids is 2. The van der Waals surface area contributed by atoms with E-state index in [-0.39, 0.29) is 24.3 Å². The number of nitrogens with zero attached hydrogens (tertiary/aromatic N) is 3. The monoisotopic (exact) mass is 364 g/mol. The number of aromatic nitrogens is 1. The van der Waals surface area contributed by atoms with Gasteiger partial charge in [-0.2, -0.15) is 0 Å². The van der Waals surface area contributed by atoms with Crippen LogP contribution < -0.4 is 5.32 Å². The van der Waals surface area contributed by atoms with E-state index in [0.29, 0.717) is 13.1 Å². The van der Waals surface area contributed by atoms with Crippen LogP contribution in [0.15, 0.2) is 22.9 Å². The normalized spacial score (nSPS) is 18.4. The number of carbonyl (C=O) groups is 2. The number of thiophene rings is 1. The Balaban J connectivity index is 1.59. The van der Waals surface area contributed by atoms with Gasteiger partial charge in [-0.15, -0.1) is 22.7 Å². The maximum absolute atomic E-state index is 12.4. The highest BCUT2D eigenvalue weighted by Crippen LogP contribution is 2.28. The van der Waals surface area contributed by atoms with E-state index in [0.717, 1.165) is 22.1 Å². The van der Waals surface area contributed by atoms with Crippen LogP contribution in [-0.2, 0) is 16.1 Å². The number of thiazole rings is 1. The van der Waals surface area contributed by atoms with Crippen LogP contribution >= 0.6 is 22.7 Å². The summed E-state index contributed by atoms with van der Waals surface area (Å²) in [5.41, 5.74) is 0.876. The molecule has 2 aromatic heterocycles. The van der Waals surface area contributed by atoms with Gasteiger partial charge in [0.05, 0.1) is 29.6 Å². The van der Waals surface area contributed by atoms with E-state index >= 15 is 0 Å². The van der Waals surface area contributed by atoms with Gasteiger partial charge >= 0.3 is 0 Å². The lowest BCUT2D eigenvalue weighted by atomic mass is 10.1. The second kappa shape index (κ2) is 7.42. The fourth-order valence-corrected chi connectivity index (χ4v) is 4.25.